The lowest BCUT2D eigenvalue weighted by atomic mass is 10.1. The van der Waals surface area contributed by atoms with Gasteiger partial charge in [0.05, 0.1) is 35.8 Å². The van der Waals surface area contributed by atoms with Crippen LogP contribution in [0.3, 0.4) is 0 Å². The minimum atomic E-state index is -3.16. The van der Waals surface area contributed by atoms with Crippen molar-refractivity contribution in [1.82, 2.24) is 0 Å². The van der Waals surface area contributed by atoms with Crippen LogP contribution < -0.4 is 9.80 Å². The van der Waals surface area contributed by atoms with Crippen molar-refractivity contribution in [3.05, 3.63) is 60.2 Å². The summed E-state index contributed by atoms with van der Waals surface area (Å²) >= 11 is 5.75. The molecule has 2 atom stereocenters. The average molecular weight is 417 g/mol. The molecule has 2 aromatic rings. The van der Waals surface area contributed by atoms with Crippen LogP contribution in [0, 0.1) is 0 Å². The standard InChI is InChI=1S/C20H20N2O4S2/c1-2-26-19(23)14-8-10-16(11-9-14)22-18-13-28(24,25)12-17(18)21(20(22)27)15-6-4-3-5-7-15/h3-11,17-18H,2,12-13H2,1H3. The predicted molar refractivity (Wildman–Crippen MR) is 113 cm³/mol. The smallest absolute Gasteiger partial charge is 0.338 e. The van der Waals surface area contributed by atoms with Crippen LogP contribution in [0.4, 0.5) is 11.4 Å². The molecule has 2 fully saturated rings. The molecule has 0 aliphatic carbocycles. The fourth-order valence-electron chi connectivity index (χ4n) is 3.87. The van der Waals surface area contributed by atoms with Crippen LogP contribution in [0.25, 0.3) is 0 Å². The Morgan fingerprint density at radius 1 is 1.00 bits per heavy atom. The average Bonchev–Trinajstić information content (AvgIpc) is 3.11. The number of ether oxygens (including phenoxy) is 1. The fraction of sp³-hybridized carbons (Fsp3) is 0.300. The number of thiocarbonyl (C=S) groups is 1. The number of hydrogen-bond acceptors (Lipinski definition) is 5. The van der Waals surface area contributed by atoms with Crippen molar-refractivity contribution < 1.29 is 17.9 Å². The van der Waals surface area contributed by atoms with Gasteiger partial charge in [0.1, 0.15) is 0 Å². The molecule has 4 rings (SSSR count). The van der Waals surface area contributed by atoms with Gasteiger partial charge in [0.2, 0.25) is 0 Å². The molecule has 8 heteroatoms. The number of para-hydroxylation sites is 1. The van der Waals surface area contributed by atoms with E-state index in [1.807, 2.05) is 40.1 Å². The summed E-state index contributed by atoms with van der Waals surface area (Å²) in [5.74, 6) is -0.254. The number of carbonyl (C=O) groups is 1. The summed E-state index contributed by atoms with van der Waals surface area (Å²) in [6, 6.07) is 16.0. The first-order chi connectivity index (χ1) is 13.4. The lowest BCUT2D eigenvalue weighted by Gasteiger charge is -2.25. The van der Waals surface area contributed by atoms with Gasteiger partial charge in [0.15, 0.2) is 14.9 Å². The molecule has 146 valence electrons. The van der Waals surface area contributed by atoms with Gasteiger partial charge in [-0.3, -0.25) is 0 Å². The van der Waals surface area contributed by atoms with E-state index in [0.29, 0.717) is 17.3 Å². The highest BCUT2D eigenvalue weighted by molar-refractivity contribution is 7.91. The number of rotatable bonds is 4. The van der Waals surface area contributed by atoms with Crippen molar-refractivity contribution in [2.24, 2.45) is 0 Å². The van der Waals surface area contributed by atoms with Crippen LogP contribution in [0.5, 0.6) is 0 Å². The predicted octanol–water partition coefficient (Wildman–Crippen LogP) is 2.64. The van der Waals surface area contributed by atoms with E-state index >= 15 is 0 Å². The molecule has 2 saturated heterocycles. The first-order valence-corrected chi connectivity index (χ1v) is 11.3. The van der Waals surface area contributed by atoms with Crippen molar-refractivity contribution in [3.63, 3.8) is 0 Å². The molecule has 0 saturated carbocycles. The van der Waals surface area contributed by atoms with Crippen LogP contribution in [-0.2, 0) is 14.6 Å². The summed E-state index contributed by atoms with van der Waals surface area (Å²) in [6.07, 6.45) is 0. The van der Waals surface area contributed by atoms with Crippen molar-refractivity contribution in [2.75, 3.05) is 27.9 Å². The second-order valence-corrected chi connectivity index (χ2v) is 9.36. The number of esters is 1. The van der Waals surface area contributed by atoms with E-state index in [2.05, 4.69) is 0 Å². The Bertz CT molecular complexity index is 1010. The molecule has 0 amide bonds. The quantitative estimate of drug-likeness (QED) is 0.561. The van der Waals surface area contributed by atoms with Gasteiger partial charge < -0.3 is 14.5 Å². The van der Waals surface area contributed by atoms with E-state index in [0.717, 1.165) is 11.4 Å². The lowest BCUT2D eigenvalue weighted by Crippen LogP contribution is -2.37. The first-order valence-electron chi connectivity index (χ1n) is 9.06. The van der Waals surface area contributed by atoms with E-state index < -0.39 is 9.84 Å². The molecule has 2 aliphatic rings. The fourth-order valence-corrected chi connectivity index (χ4v) is 6.27. The van der Waals surface area contributed by atoms with Crippen molar-refractivity contribution in [2.45, 2.75) is 19.0 Å². The van der Waals surface area contributed by atoms with Crippen LogP contribution in [0.2, 0.25) is 0 Å². The van der Waals surface area contributed by atoms with E-state index in [9.17, 15) is 13.2 Å². The second-order valence-electron chi connectivity index (χ2n) is 6.84. The minimum Gasteiger partial charge on any atom is -0.462 e. The number of sulfone groups is 1. The molecule has 0 bridgehead atoms. The summed E-state index contributed by atoms with van der Waals surface area (Å²) in [6.45, 7) is 2.07. The molecule has 0 aromatic heterocycles. The van der Waals surface area contributed by atoms with E-state index in [1.165, 1.54) is 0 Å². The molecule has 0 N–H and O–H groups in total. The highest BCUT2D eigenvalue weighted by atomic mass is 32.2. The zero-order valence-corrected chi connectivity index (χ0v) is 16.9. The van der Waals surface area contributed by atoms with Gasteiger partial charge >= 0.3 is 5.97 Å². The Morgan fingerprint density at radius 2 is 1.54 bits per heavy atom. The molecule has 2 unspecified atom stereocenters. The maximum atomic E-state index is 12.4. The summed E-state index contributed by atoms with van der Waals surface area (Å²) < 4.78 is 29.7. The molecule has 0 spiro atoms. The second kappa shape index (κ2) is 7.18. The third-order valence-corrected chi connectivity index (χ3v) is 7.15. The van der Waals surface area contributed by atoms with E-state index in [-0.39, 0.29) is 29.6 Å². The molecule has 28 heavy (non-hydrogen) atoms. The number of anilines is 2. The topological polar surface area (TPSA) is 66.9 Å². The maximum Gasteiger partial charge on any atom is 0.338 e. The number of hydrogen-bond donors (Lipinski definition) is 0. The number of carbonyl (C=O) groups excluding carboxylic acids is 1. The summed E-state index contributed by atoms with van der Waals surface area (Å²) in [5.41, 5.74) is 2.10. The van der Waals surface area contributed by atoms with Gasteiger partial charge in [-0.2, -0.15) is 0 Å². The van der Waals surface area contributed by atoms with Gasteiger partial charge in [-0.15, -0.1) is 0 Å². The van der Waals surface area contributed by atoms with Crippen LogP contribution in [0.1, 0.15) is 17.3 Å². The Labute approximate surface area is 169 Å². The highest BCUT2D eigenvalue weighted by Gasteiger charge is 2.52. The van der Waals surface area contributed by atoms with Crippen LogP contribution in [0.15, 0.2) is 54.6 Å². The number of nitrogens with zero attached hydrogens (tertiary/aromatic N) is 2. The first kappa shape index (κ1) is 18.9. The molecule has 6 nitrogen and oxygen atoms in total. The third-order valence-electron chi connectivity index (χ3n) is 5.06. The van der Waals surface area contributed by atoms with Crippen molar-refractivity contribution in [3.8, 4) is 0 Å². The molecule has 2 aromatic carbocycles. The van der Waals surface area contributed by atoms with E-state index in [1.54, 1.807) is 31.2 Å². The summed E-state index contributed by atoms with van der Waals surface area (Å²) in [5, 5.41) is 0.569. The molecule has 0 radical (unpaired) electrons. The van der Waals surface area contributed by atoms with Gasteiger partial charge in [-0.25, -0.2) is 13.2 Å². The zero-order valence-electron chi connectivity index (χ0n) is 15.3. The Morgan fingerprint density at radius 3 is 2.07 bits per heavy atom. The molecular weight excluding hydrogens is 396 g/mol. The van der Waals surface area contributed by atoms with Crippen molar-refractivity contribution >= 4 is 44.5 Å². The summed E-state index contributed by atoms with van der Waals surface area (Å²) in [4.78, 5) is 15.7. The highest BCUT2D eigenvalue weighted by Crippen LogP contribution is 2.38. The Hall–Kier alpha value is -2.45. The minimum absolute atomic E-state index is 0.0563. The Balaban J connectivity index is 1.70. The van der Waals surface area contributed by atoms with Gasteiger partial charge in [0, 0.05) is 11.4 Å². The molecule has 2 aliphatic heterocycles. The monoisotopic (exact) mass is 416 g/mol. The maximum absolute atomic E-state index is 12.4. The normalized spacial score (nSPS) is 23.0. The van der Waals surface area contributed by atoms with Crippen LogP contribution in [-0.4, -0.2) is 49.7 Å². The number of fused-ring (bicyclic) bond motifs is 1. The molecular formula is C20H20N2O4S2. The molecule has 2 heterocycles. The van der Waals surface area contributed by atoms with Crippen molar-refractivity contribution in [1.29, 1.82) is 0 Å². The largest absolute Gasteiger partial charge is 0.462 e. The number of benzene rings is 2. The van der Waals surface area contributed by atoms with Gasteiger partial charge in [-0.1, -0.05) is 18.2 Å². The zero-order chi connectivity index (χ0) is 19.9. The lowest BCUT2D eigenvalue weighted by molar-refractivity contribution is 0.0526. The third kappa shape index (κ3) is 3.27. The summed E-state index contributed by atoms with van der Waals surface area (Å²) in [7, 11) is -3.16. The van der Waals surface area contributed by atoms with Crippen LogP contribution >= 0.6 is 12.2 Å². The van der Waals surface area contributed by atoms with Gasteiger partial charge in [-0.05, 0) is 55.5 Å². The Kier molecular flexibility index (Phi) is 4.84. The van der Waals surface area contributed by atoms with E-state index in [4.69, 9.17) is 17.0 Å². The van der Waals surface area contributed by atoms with Gasteiger partial charge in [0.25, 0.3) is 0 Å². The SMILES string of the molecule is CCOC(=O)c1ccc(N2C(=S)N(c3ccccc3)C3CS(=O)(=O)CC32)cc1.